The smallest absolute Gasteiger partial charge is 0.0564 e. The standard InChI is InChI=1S/C16H21N3/c1-3-9-17-16(15-8-10-18-19(15)2)14-11-12-6-4-5-7-13(12)14/h4-8,10,14,16-17H,3,9,11H2,1-2H3. The van der Waals surface area contributed by atoms with Crippen molar-refractivity contribution in [2.75, 3.05) is 6.54 Å². The molecule has 0 bridgehead atoms. The molecule has 1 heterocycles. The molecule has 100 valence electrons. The molecule has 2 atom stereocenters. The molecule has 3 rings (SSSR count). The summed E-state index contributed by atoms with van der Waals surface area (Å²) in [5.41, 5.74) is 4.28. The van der Waals surface area contributed by atoms with Crippen LogP contribution < -0.4 is 5.32 Å². The van der Waals surface area contributed by atoms with Crippen LogP contribution in [0.3, 0.4) is 0 Å². The van der Waals surface area contributed by atoms with Crippen LogP contribution in [0.25, 0.3) is 0 Å². The minimum atomic E-state index is 0.377. The second-order valence-corrected chi connectivity index (χ2v) is 5.32. The zero-order valence-electron chi connectivity index (χ0n) is 11.6. The topological polar surface area (TPSA) is 29.9 Å². The Labute approximate surface area is 114 Å². The maximum Gasteiger partial charge on any atom is 0.0564 e. The predicted octanol–water partition coefficient (Wildman–Crippen LogP) is 2.80. The minimum absolute atomic E-state index is 0.377. The van der Waals surface area contributed by atoms with Crippen LogP contribution in [0.15, 0.2) is 36.5 Å². The van der Waals surface area contributed by atoms with E-state index in [1.807, 2.05) is 17.9 Å². The van der Waals surface area contributed by atoms with Crippen molar-refractivity contribution in [2.24, 2.45) is 7.05 Å². The third-order valence-corrected chi connectivity index (χ3v) is 4.09. The van der Waals surface area contributed by atoms with Gasteiger partial charge in [0.15, 0.2) is 0 Å². The summed E-state index contributed by atoms with van der Waals surface area (Å²) in [6, 6.07) is 11.3. The van der Waals surface area contributed by atoms with Crippen LogP contribution in [0, 0.1) is 0 Å². The number of hydrogen-bond donors (Lipinski definition) is 1. The van der Waals surface area contributed by atoms with Crippen molar-refractivity contribution < 1.29 is 0 Å². The van der Waals surface area contributed by atoms with Crippen LogP contribution in [0.5, 0.6) is 0 Å². The van der Waals surface area contributed by atoms with Gasteiger partial charge >= 0.3 is 0 Å². The number of aryl methyl sites for hydroxylation is 1. The Hall–Kier alpha value is -1.61. The van der Waals surface area contributed by atoms with E-state index in [1.54, 1.807) is 0 Å². The van der Waals surface area contributed by atoms with Crippen molar-refractivity contribution in [3.63, 3.8) is 0 Å². The van der Waals surface area contributed by atoms with Crippen LogP contribution in [0.4, 0.5) is 0 Å². The number of aromatic nitrogens is 2. The van der Waals surface area contributed by atoms with Gasteiger partial charge in [0.2, 0.25) is 0 Å². The molecule has 0 radical (unpaired) electrons. The van der Waals surface area contributed by atoms with E-state index in [0.717, 1.165) is 13.0 Å². The molecule has 0 spiro atoms. The highest BCUT2D eigenvalue weighted by molar-refractivity contribution is 5.42. The Morgan fingerprint density at radius 1 is 1.37 bits per heavy atom. The molecule has 0 fully saturated rings. The highest BCUT2D eigenvalue weighted by Crippen LogP contribution is 2.43. The van der Waals surface area contributed by atoms with E-state index >= 15 is 0 Å². The van der Waals surface area contributed by atoms with Gasteiger partial charge in [-0.25, -0.2) is 0 Å². The molecule has 3 heteroatoms. The zero-order chi connectivity index (χ0) is 13.2. The van der Waals surface area contributed by atoms with Crippen LogP contribution in [-0.2, 0) is 13.5 Å². The fraction of sp³-hybridized carbons (Fsp3) is 0.438. The average Bonchev–Trinajstić information content (AvgIpc) is 2.81. The number of nitrogens with zero attached hydrogens (tertiary/aromatic N) is 2. The van der Waals surface area contributed by atoms with Crippen molar-refractivity contribution in [1.82, 2.24) is 15.1 Å². The van der Waals surface area contributed by atoms with E-state index in [0.29, 0.717) is 12.0 Å². The maximum absolute atomic E-state index is 4.32. The Bertz CT molecular complexity index is 559. The summed E-state index contributed by atoms with van der Waals surface area (Å²) in [6.07, 6.45) is 4.21. The summed E-state index contributed by atoms with van der Waals surface area (Å²) in [7, 11) is 2.03. The lowest BCUT2D eigenvalue weighted by molar-refractivity contribution is 0.391. The van der Waals surface area contributed by atoms with Crippen LogP contribution in [0.1, 0.15) is 42.1 Å². The quantitative estimate of drug-likeness (QED) is 0.890. The molecule has 1 aromatic heterocycles. The second kappa shape index (κ2) is 5.17. The average molecular weight is 255 g/mol. The fourth-order valence-corrected chi connectivity index (χ4v) is 3.04. The highest BCUT2D eigenvalue weighted by Gasteiger charge is 2.34. The summed E-state index contributed by atoms with van der Waals surface area (Å²) in [4.78, 5) is 0. The Balaban J connectivity index is 1.88. The molecule has 1 aromatic carbocycles. The first-order valence-electron chi connectivity index (χ1n) is 7.10. The Morgan fingerprint density at radius 2 is 2.21 bits per heavy atom. The van der Waals surface area contributed by atoms with Crippen LogP contribution in [0.2, 0.25) is 0 Å². The SMILES string of the molecule is CCCNC(c1ccnn1C)C1Cc2ccccc21. The van der Waals surface area contributed by atoms with Gasteiger partial charge in [-0.3, -0.25) is 4.68 Å². The predicted molar refractivity (Wildman–Crippen MR) is 77.1 cm³/mol. The fourth-order valence-electron chi connectivity index (χ4n) is 3.04. The van der Waals surface area contributed by atoms with Gasteiger partial charge in [0.05, 0.1) is 11.7 Å². The first-order valence-corrected chi connectivity index (χ1v) is 7.10. The highest BCUT2D eigenvalue weighted by atomic mass is 15.3. The molecular formula is C16H21N3. The number of rotatable bonds is 5. The lowest BCUT2D eigenvalue weighted by atomic mass is 9.72. The van der Waals surface area contributed by atoms with E-state index in [-0.39, 0.29) is 0 Å². The molecule has 2 unspecified atom stereocenters. The molecule has 1 aliphatic rings. The van der Waals surface area contributed by atoms with Crippen LogP contribution >= 0.6 is 0 Å². The first-order chi connectivity index (χ1) is 9.31. The van der Waals surface area contributed by atoms with Gasteiger partial charge in [-0.1, -0.05) is 31.2 Å². The van der Waals surface area contributed by atoms with E-state index in [9.17, 15) is 0 Å². The normalized spacial score (nSPS) is 18.7. The van der Waals surface area contributed by atoms with Gasteiger partial charge in [-0.15, -0.1) is 0 Å². The van der Waals surface area contributed by atoms with Gasteiger partial charge in [-0.05, 0) is 36.6 Å². The van der Waals surface area contributed by atoms with Crippen molar-refractivity contribution >= 4 is 0 Å². The molecule has 1 aliphatic carbocycles. The molecule has 1 N–H and O–H groups in total. The molecule has 2 aromatic rings. The Kier molecular flexibility index (Phi) is 3.38. The molecule has 0 saturated carbocycles. The molecule has 19 heavy (non-hydrogen) atoms. The number of fused-ring (bicyclic) bond motifs is 1. The summed E-state index contributed by atoms with van der Waals surface area (Å²) >= 11 is 0. The summed E-state index contributed by atoms with van der Waals surface area (Å²) in [6.45, 7) is 3.26. The second-order valence-electron chi connectivity index (χ2n) is 5.32. The van der Waals surface area contributed by atoms with E-state index in [1.165, 1.54) is 23.2 Å². The molecular weight excluding hydrogens is 234 g/mol. The van der Waals surface area contributed by atoms with E-state index < -0.39 is 0 Å². The summed E-state index contributed by atoms with van der Waals surface area (Å²) in [5, 5.41) is 8.01. The van der Waals surface area contributed by atoms with Crippen LogP contribution in [-0.4, -0.2) is 16.3 Å². The monoisotopic (exact) mass is 255 g/mol. The summed E-state index contributed by atoms with van der Waals surface area (Å²) in [5.74, 6) is 0.582. The lowest BCUT2D eigenvalue weighted by Gasteiger charge is -2.37. The molecule has 3 nitrogen and oxygen atoms in total. The van der Waals surface area contributed by atoms with Gasteiger partial charge < -0.3 is 5.32 Å². The largest absolute Gasteiger partial charge is 0.308 e. The number of nitrogens with one attached hydrogen (secondary N) is 1. The van der Waals surface area contributed by atoms with Gasteiger partial charge in [0, 0.05) is 19.2 Å². The van der Waals surface area contributed by atoms with Crippen molar-refractivity contribution in [2.45, 2.75) is 31.7 Å². The molecule has 0 amide bonds. The van der Waals surface area contributed by atoms with E-state index in [2.05, 4.69) is 47.7 Å². The van der Waals surface area contributed by atoms with Crippen molar-refractivity contribution in [3.8, 4) is 0 Å². The number of benzene rings is 1. The van der Waals surface area contributed by atoms with Gasteiger partial charge in [0.1, 0.15) is 0 Å². The zero-order valence-corrected chi connectivity index (χ0v) is 11.6. The van der Waals surface area contributed by atoms with Crippen molar-refractivity contribution in [3.05, 3.63) is 53.3 Å². The lowest BCUT2D eigenvalue weighted by Crippen LogP contribution is -2.35. The Morgan fingerprint density at radius 3 is 2.89 bits per heavy atom. The van der Waals surface area contributed by atoms with Crippen molar-refractivity contribution in [1.29, 1.82) is 0 Å². The number of hydrogen-bond acceptors (Lipinski definition) is 2. The summed E-state index contributed by atoms with van der Waals surface area (Å²) < 4.78 is 1.99. The third kappa shape index (κ3) is 2.19. The minimum Gasteiger partial charge on any atom is -0.308 e. The molecule has 0 aliphatic heterocycles. The molecule has 0 saturated heterocycles. The first kappa shape index (κ1) is 12.4. The maximum atomic E-state index is 4.32. The van der Waals surface area contributed by atoms with E-state index in [4.69, 9.17) is 0 Å². The third-order valence-electron chi connectivity index (χ3n) is 4.09. The van der Waals surface area contributed by atoms with Gasteiger partial charge in [0.25, 0.3) is 0 Å². The van der Waals surface area contributed by atoms with Gasteiger partial charge in [-0.2, -0.15) is 5.10 Å².